The molecule has 0 aliphatic carbocycles. The van der Waals surface area contributed by atoms with E-state index in [1.54, 1.807) is 33.5 Å². The molecule has 1 aromatic carbocycles. The number of carbonyl (C=O) groups excluding carboxylic acids is 1. The molecule has 0 saturated carbocycles. The van der Waals surface area contributed by atoms with Gasteiger partial charge in [-0.2, -0.15) is 0 Å². The zero-order valence-electron chi connectivity index (χ0n) is 15.4. The predicted molar refractivity (Wildman–Crippen MR) is 101 cm³/mol. The molecule has 0 spiro atoms. The molecule has 3 rings (SSSR count). The number of aliphatic imine (C=N–C) groups is 1. The van der Waals surface area contributed by atoms with Crippen molar-refractivity contribution >= 4 is 23.4 Å². The molecule has 8 nitrogen and oxygen atoms in total. The monoisotopic (exact) mass is 392 g/mol. The van der Waals surface area contributed by atoms with Crippen molar-refractivity contribution in [2.24, 2.45) is 4.99 Å². The van der Waals surface area contributed by atoms with Gasteiger partial charge in [-0.15, -0.1) is 0 Å². The zero-order chi connectivity index (χ0) is 19.4. The van der Waals surface area contributed by atoms with Crippen molar-refractivity contribution in [2.75, 3.05) is 27.4 Å². The number of amidine groups is 1. The normalized spacial score (nSPS) is 12.9. The van der Waals surface area contributed by atoms with E-state index in [1.807, 2.05) is 16.7 Å². The minimum absolute atomic E-state index is 0.257. The van der Waals surface area contributed by atoms with Gasteiger partial charge < -0.3 is 19.5 Å². The van der Waals surface area contributed by atoms with Crippen LogP contribution in [-0.4, -0.2) is 55.0 Å². The third-order valence-corrected chi connectivity index (χ3v) is 4.39. The number of methoxy groups -OCH3 is 2. The molecule has 0 atom stereocenters. The van der Waals surface area contributed by atoms with Crippen LogP contribution in [0, 0.1) is 0 Å². The van der Waals surface area contributed by atoms with Crippen LogP contribution in [0.5, 0.6) is 0 Å². The first-order valence-electron chi connectivity index (χ1n) is 8.46. The number of rotatable bonds is 6. The second-order valence-corrected chi connectivity index (χ2v) is 6.17. The molecule has 1 N–H and O–H groups in total. The van der Waals surface area contributed by atoms with Crippen LogP contribution in [0.3, 0.4) is 0 Å². The molecule has 0 radical (unpaired) electrons. The summed E-state index contributed by atoms with van der Waals surface area (Å²) in [5, 5.41) is 3.81. The highest BCUT2D eigenvalue weighted by Crippen LogP contribution is 2.26. The SMILES string of the molecule is CCOC(=O)c1ncn2c1CN=C(NCC(OC)OC)c1cc(Cl)ccc1-2. The number of esters is 1. The predicted octanol–water partition coefficient (Wildman–Crippen LogP) is 2.17. The van der Waals surface area contributed by atoms with Crippen molar-refractivity contribution < 1.29 is 19.0 Å². The maximum absolute atomic E-state index is 12.2. The zero-order valence-corrected chi connectivity index (χ0v) is 16.1. The van der Waals surface area contributed by atoms with Gasteiger partial charge in [-0.05, 0) is 25.1 Å². The van der Waals surface area contributed by atoms with Gasteiger partial charge in [0.1, 0.15) is 12.2 Å². The Balaban J connectivity index is 2.01. The van der Waals surface area contributed by atoms with Crippen LogP contribution in [0.15, 0.2) is 29.5 Å². The summed E-state index contributed by atoms with van der Waals surface area (Å²) >= 11 is 6.21. The van der Waals surface area contributed by atoms with Crippen LogP contribution in [0.25, 0.3) is 5.69 Å². The molecule has 2 aromatic rings. The number of fused-ring (bicyclic) bond motifs is 3. The molecule has 0 bridgehead atoms. The summed E-state index contributed by atoms with van der Waals surface area (Å²) in [6.45, 7) is 2.69. The fourth-order valence-corrected chi connectivity index (χ4v) is 3.02. The first-order valence-corrected chi connectivity index (χ1v) is 8.84. The fraction of sp³-hybridized carbons (Fsp3) is 0.389. The fourth-order valence-electron chi connectivity index (χ4n) is 2.84. The number of imidazole rings is 1. The van der Waals surface area contributed by atoms with Crippen LogP contribution < -0.4 is 5.32 Å². The smallest absolute Gasteiger partial charge is 0.358 e. The summed E-state index contributed by atoms with van der Waals surface area (Å²) in [6.07, 6.45) is 1.18. The Labute approximate surface area is 162 Å². The third kappa shape index (κ3) is 3.97. The highest BCUT2D eigenvalue weighted by molar-refractivity contribution is 6.31. The van der Waals surface area contributed by atoms with Crippen molar-refractivity contribution in [3.63, 3.8) is 0 Å². The Morgan fingerprint density at radius 3 is 2.85 bits per heavy atom. The molecule has 9 heteroatoms. The van der Waals surface area contributed by atoms with Crippen LogP contribution in [-0.2, 0) is 20.8 Å². The van der Waals surface area contributed by atoms with Crippen LogP contribution >= 0.6 is 11.6 Å². The van der Waals surface area contributed by atoms with Gasteiger partial charge in [0.15, 0.2) is 12.0 Å². The van der Waals surface area contributed by atoms with Gasteiger partial charge in [-0.3, -0.25) is 9.56 Å². The minimum atomic E-state index is -0.466. The molecule has 1 aliphatic rings. The molecule has 1 aliphatic heterocycles. The van der Waals surface area contributed by atoms with E-state index in [2.05, 4.69) is 15.3 Å². The number of nitrogens with zero attached hydrogens (tertiary/aromatic N) is 3. The number of hydrogen-bond donors (Lipinski definition) is 1. The Hall–Kier alpha value is -2.42. The third-order valence-electron chi connectivity index (χ3n) is 4.16. The number of ether oxygens (including phenoxy) is 3. The topological polar surface area (TPSA) is 87.0 Å². The van der Waals surface area contributed by atoms with Gasteiger partial charge in [0.2, 0.25) is 0 Å². The summed E-state index contributed by atoms with van der Waals surface area (Å²) in [4.78, 5) is 21.1. The molecular formula is C18H21ClN4O4. The van der Waals surface area contributed by atoms with E-state index in [9.17, 15) is 4.79 Å². The summed E-state index contributed by atoms with van der Waals surface area (Å²) in [7, 11) is 3.14. The Kier molecular flexibility index (Phi) is 6.10. The number of aromatic nitrogens is 2. The number of nitrogens with one attached hydrogen (secondary N) is 1. The summed E-state index contributed by atoms with van der Waals surface area (Å²) in [5.41, 5.74) is 2.52. The molecule has 0 unspecified atom stereocenters. The lowest BCUT2D eigenvalue weighted by molar-refractivity contribution is -0.0965. The number of hydrogen-bond acceptors (Lipinski definition) is 7. The van der Waals surface area contributed by atoms with Gasteiger partial charge in [0.25, 0.3) is 0 Å². The van der Waals surface area contributed by atoms with Crippen molar-refractivity contribution in [2.45, 2.75) is 19.8 Å². The van der Waals surface area contributed by atoms with Gasteiger partial charge >= 0.3 is 5.97 Å². The van der Waals surface area contributed by atoms with E-state index >= 15 is 0 Å². The van der Waals surface area contributed by atoms with Gasteiger partial charge in [-0.1, -0.05) is 11.6 Å². The highest BCUT2D eigenvalue weighted by Gasteiger charge is 2.25. The van der Waals surface area contributed by atoms with Crippen molar-refractivity contribution in [3.05, 3.63) is 46.5 Å². The molecule has 0 fully saturated rings. The molecule has 2 heterocycles. The molecule has 0 saturated heterocycles. The maximum atomic E-state index is 12.2. The van der Waals surface area contributed by atoms with E-state index in [1.165, 1.54) is 0 Å². The highest BCUT2D eigenvalue weighted by atomic mass is 35.5. The van der Waals surface area contributed by atoms with E-state index in [4.69, 9.17) is 25.8 Å². The molecule has 1 aromatic heterocycles. The van der Waals surface area contributed by atoms with Crippen molar-refractivity contribution in [1.82, 2.24) is 14.9 Å². The average Bonchev–Trinajstić information content (AvgIpc) is 3.02. The molecular weight excluding hydrogens is 372 g/mol. The van der Waals surface area contributed by atoms with Gasteiger partial charge in [-0.25, -0.2) is 9.78 Å². The first kappa shape index (κ1) is 19.3. The van der Waals surface area contributed by atoms with Crippen molar-refractivity contribution in [3.8, 4) is 5.69 Å². The number of halogens is 1. The molecule has 0 amide bonds. The number of benzene rings is 1. The quantitative estimate of drug-likeness (QED) is 0.599. The standard InChI is InChI=1S/C18H21ClN4O4/c1-4-27-18(24)16-14-8-20-17(21-9-15(25-2)26-3)12-7-11(19)5-6-13(12)23(14)10-22-16/h5-7,10,15H,4,8-9H2,1-3H3,(H,20,21). The maximum Gasteiger partial charge on any atom is 0.358 e. The lowest BCUT2D eigenvalue weighted by Crippen LogP contribution is -2.35. The molecule has 144 valence electrons. The lowest BCUT2D eigenvalue weighted by Gasteiger charge is -2.17. The lowest BCUT2D eigenvalue weighted by atomic mass is 10.1. The van der Waals surface area contributed by atoms with E-state index in [0.717, 1.165) is 11.3 Å². The first-order chi connectivity index (χ1) is 13.1. The Morgan fingerprint density at radius 2 is 2.15 bits per heavy atom. The van der Waals surface area contributed by atoms with E-state index in [-0.39, 0.29) is 18.8 Å². The molecule has 27 heavy (non-hydrogen) atoms. The Morgan fingerprint density at radius 1 is 1.37 bits per heavy atom. The Bertz CT molecular complexity index is 861. The average molecular weight is 393 g/mol. The minimum Gasteiger partial charge on any atom is -0.461 e. The largest absolute Gasteiger partial charge is 0.461 e. The van der Waals surface area contributed by atoms with E-state index < -0.39 is 12.3 Å². The number of carbonyl (C=O) groups is 1. The van der Waals surface area contributed by atoms with Gasteiger partial charge in [0.05, 0.1) is 31.1 Å². The summed E-state index contributed by atoms with van der Waals surface area (Å²) < 4.78 is 17.4. The van der Waals surface area contributed by atoms with Crippen LogP contribution in [0.4, 0.5) is 0 Å². The van der Waals surface area contributed by atoms with Gasteiger partial charge in [0, 0.05) is 24.8 Å². The van der Waals surface area contributed by atoms with E-state index in [0.29, 0.717) is 23.1 Å². The van der Waals surface area contributed by atoms with Crippen LogP contribution in [0.1, 0.15) is 28.7 Å². The second kappa shape index (κ2) is 8.51. The second-order valence-electron chi connectivity index (χ2n) is 5.74. The van der Waals surface area contributed by atoms with Crippen LogP contribution in [0.2, 0.25) is 5.02 Å². The van der Waals surface area contributed by atoms with Crippen molar-refractivity contribution in [1.29, 1.82) is 0 Å². The summed E-state index contributed by atoms with van der Waals surface area (Å²) in [6, 6.07) is 5.46. The summed E-state index contributed by atoms with van der Waals surface area (Å²) in [5.74, 6) is 0.164.